The van der Waals surface area contributed by atoms with E-state index in [1.165, 1.54) is 4.31 Å². The van der Waals surface area contributed by atoms with Crippen LogP contribution < -0.4 is 0 Å². The predicted molar refractivity (Wildman–Crippen MR) is 87.1 cm³/mol. The van der Waals surface area contributed by atoms with E-state index in [4.69, 9.17) is 4.63 Å². The van der Waals surface area contributed by atoms with Crippen LogP contribution in [0.5, 0.6) is 0 Å². The van der Waals surface area contributed by atoms with E-state index in [1.54, 1.807) is 6.07 Å². The van der Waals surface area contributed by atoms with Crippen molar-refractivity contribution < 1.29 is 22.9 Å². The van der Waals surface area contributed by atoms with E-state index >= 15 is 0 Å². The molecule has 2 aromatic rings. The summed E-state index contributed by atoms with van der Waals surface area (Å²) in [6, 6.07) is 5.57. The maximum Gasteiger partial charge on any atom is 0.312 e. The lowest BCUT2D eigenvalue weighted by molar-refractivity contribution is -0.148. The first kappa shape index (κ1) is 16.4. The van der Waals surface area contributed by atoms with Crippen molar-refractivity contribution in [2.45, 2.75) is 6.54 Å². The molecule has 0 aliphatic carbocycles. The molecule has 1 aromatic carbocycles. The summed E-state index contributed by atoms with van der Waals surface area (Å²) >= 11 is 0. The second-order valence-electron chi connectivity index (χ2n) is 6.93. The second-order valence-corrected chi connectivity index (χ2v) is 8.91. The molecule has 2 saturated heterocycles. The Morgan fingerprint density at radius 2 is 2.16 bits per heavy atom. The first-order chi connectivity index (χ1) is 11.8. The fraction of sp³-hybridized carbons (Fsp3) is 0.533. The molecule has 0 spiro atoms. The van der Waals surface area contributed by atoms with Crippen molar-refractivity contribution in [3.63, 3.8) is 0 Å². The molecule has 3 heterocycles. The Kier molecular flexibility index (Phi) is 3.60. The van der Waals surface area contributed by atoms with Crippen LogP contribution in [0.4, 0.5) is 0 Å². The van der Waals surface area contributed by atoms with Gasteiger partial charge in [-0.2, -0.15) is 0 Å². The lowest BCUT2D eigenvalue weighted by Crippen LogP contribution is -2.41. The lowest BCUT2D eigenvalue weighted by atomic mass is 9.81. The molecule has 2 aliphatic heterocycles. The van der Waals surface area contributed by atoms with Gasteiger partial charge in [-0.3, -0.25) is 9.69 Å². The van der Waals surface area contributed by atoms with E-state index in [-0.39, 0.29) is 19.0 Å². The largest absolute Gasteiger partial charge is 0.481 e. The van der Waals surface area contributed by atoms with E-state index < -0.39 is 21.4 Å². The number of benzene rings is 1. The standard InChI is InChI=1S/C15H18N4O5S/c1-25(22,23)19-7-11-6-18(8-15(11,9-19)14(20)21)5-10-3-2-4-12-13(10)17-24-16-12/h2-4,11H,5-9H2,1H3,(H,20,21)/t11-,15-/m1/s1. The minimum Gasteiger partial charge on any atom is -0.481 e. The van der Waals surface area contributed by atoms with Crippen LogP contribution in [0, 0.1) is 11.3 Å². The first-order valence-corrected chi connectivity index (χ1v) is 9.75. The van der Waals surface area contributed by atoms with Crippen LogP contribution in [-0.2, 0) is 21.4 Å². The highest BCUT2D eigenvalue weighted by atomic mass is 32.2. The Balaban J connectivity index is 1.58. The van der Waals surface area contributed by atoms with Crippen molar-refractivity contribution in [3.05, 3.63) is 23.8 Å². The first-order valence-electron chi connectivity index (χ1n) is 7.91. The van der Waals surface area contributed by atoms with Crippen LogP contribution in [0.1, 0.15) is 5.56 Å². The predicted octanol–water partition coefficient (Wildman–Crippen LogP) is 0.000800. The minimum absolute atomic E-state index is 0.0258. The van der Waals surface area contributed by atoms with Gasteiger partial charge in [0.1, 0.15) is 11.0 Å². The number of hydrogen-bond acceptors (Lipinski definition) is 7. The van der Waals surface area contributed by atoms with E-state index in [0.29, 0.717) is 30.7 Å². The molecule has 4 rings (SSSR count). The SMILES string of the molecule is CS(=O)(=O)N1C[C@H]2CN(Cc3cccc4nonc34)C[C@@]2(C(=O)O)C1. The number of aromatic nitrogens is 2. The Bertz CT molecular complexity index is 942. The molecule has 0 amide bonds. The van der Waals surface area contributed by atoms with Gasteiger partial charge in [-0.25, -0.2) is 17.4 Å². The normalized spacial score (nSPS) is 27.8. The van der Waals surface area contributed by atoms with Crippen LogP contribution in [0.25, 0.3) is 11.0 Å². The average molecular weight is 366 g/mol. The fourth-order valence-electron chi connectivity index (χ4n) is 4.03. The molecule has 1 aromatic heterocycles. The minimum atomic E-state index is -3.39. The summed E-state index contributed by atoms with van der Waals surface area (Å²) in [5.41, 5.74) is 1.19. The van der Waals surface area contributed by atoms with Crippen molar-refractivity contribution in [2.24, 2.45) is 11.3 Å². The topological polar surface area (TPSA) is 117 Å². The number of carboxylic acids is 1. The average Bonchev–Trinajstić information content (AvgIpc) is 3.18. The summed E-state index contributed by atoms with van der Waals surface area (Å²) < 4.78 is 29.7. The molecule has 10 heteroatoms. The second kappa shape index (κ2) is 5.48. The number of sulfonamides is 1. The molecular formula is C15H18N4O5S. The zero-order chi connectivity index (χ0) is 17.8. The van der Waals surface area contributed by atoms with Crippen LogP contribution in [-0.4, -0.2) is 71.4 Å². The van der Waals surface area contributed by atoms with Crippen LogP contribution in [0.15, 0.2) is 22.8 Å². The van der Waals surface area contributed by atoms with Gasteiger partial charge in [-0.05, 0) is 21.9 Å². The Morgan fingerprint density at radius 1 is 1.36 bits per heavy atom. The number of aliphatic carboxylic acids is 1. The fourth-order valence-corrected chi connectivity index (χ4v) is 4.94. The number of likely N-dealkylation sites (tertiary alicyclic amines) is 1. The molecule has 25 heavy (non-hydrogen) atoms. The summed E-state index contributed by atoms with van der Waals surface area (Å²) in [4.78, 5) is 14.0. The molecule has 9 nitrogen and oxygen atoms in total. The van der Waals surface area contributed by atoms with Gasteiger partial charge in [0, 0.05) is 38.6 Å². The van der Waals surface area contributed by atoms with Gasteiger partial charge < -0.3 is 5.11 Å². The summed E-state index contributed by atoms with van der Waals surface area (Å²) in [7, 11) is -3.39. The zero-order valence-electron chi connectivity index (χ0n) is 13.6. The van der Waals surface area contributed by atoms with Gasteiger partial charge in [0.15, 0.2) is 0 Å². The number of carbonyl (C=O) groups is 1. The molecule has 0 bridgehead atoms. The zero-order valence-corrected chi connectivity index (χ0v) is 14.4. The molecule has 2 aliphatic rings. The lowest BCUT2D eigenvalue weighted by Gasteiger charge is -2.24. The van der Waals surface area contributed by atoms with Crippen LogP contribution in [0.2, 0.25) is 0 Å². The van der Waals surface area contributed by atoms with Crippen LogP contribution >= 0.6 is 0 Å². The Morgan fingerprint density at radius 3 is 2.84 bits per heavy atom. The molecule has 2 fully saturated rings. The molecule has 1 N–H and O–H groups in total. The van der Waals surface area contributed by atoms with Crippen molar-refractivity contribution >= 4 is 27.0 Å². The smallest absolute Gasteiger partial charge is 0.312 e. The highest BCUT2D eigenvalue weighted by Crippen LogP contribution is 2.44. The van der Waals surface area contributed by atoms with Crippen molar-refractivity contribution in [1.82, 2.24) is 19.5 Å². The Labute approximate surface area is 144 Å². The van der Waals surface area contributed by atoms with E-state index in [9.17, 15) is 18.3 Å². The summed E-state index contributed by atoms with van der Waals surface area (Å²) in [5, 5.41) is 17.5. The Hall–Kier alpha value is -2.04. The van der Waals surface area contributed by atoms with Crippen LogP contribution in [0.3, 0.4) is 0 Å². The molecule has 2 atom stereocenters. The maximum absolute atomic E-state index is 12.0. The number of hydrogen-bond donors (Lipinski definition) is 1. The number of rotatable bonds is 4. The van der Waals surface area contributed by atoms with Gasteiger partial charge in [0.25, 0.3) is 0 Å². The number of fused-ring (bicyclic) bond motifs is 2. The highest BCUT2D eigenvalue weighted by molar-refractivity contribution is 7.88. The quantitative estimate of drug-likeness (QED) is 0.804. The van der Waals surface area contributed by atoms with Crippen molar-refractivity contribution in [2.75, 3.05) is 32.4 Å². The summed E-state index contributed by atoms with van der Waals surface area (Å²) in [5.74, 6) is -1.16. The molecule has 0 unspecified atom stereocenters. The van der Waals surface area contributed by atoms with Gasteiger partial charge >= 0.3 is 5.97 Å². The third kappa shape index (κ3) is 2.60. The molecule has 0 radical (unpaired) electrons. The van der Waals surface area contributed by atoms with Gasteiger partial charge in [-0.15, -0.1) is 0 Å². The molecular weight excluding hydrogens is 348 g/mol. The molecule has 134 valence electrons. The number of nitrogens with zero attached hydrogens (tertiary/aromatic N) is 4. The van der Waals surface area contributed by atoms with E-state index in [1.807, 2.05) is 17.0 Å². The third-order valence-electron chi connectivity index (χ3n) is 5.31. The number of carboxylic acid groups (broad SMARTS) is 1. The van der Waals surface area contributed by atoms with E-state index in [0.717, 1.165) is 11.8 Å². The third-order valence-corrected chi connectivity index (χ3v) is 6.52. The summed E-state index contributed by atoms with van der Waals surface area (Å²) in [6.45, 7) is 1.63. The van der Waals surface area contributed by atoms with E-state index in [2.05, 4.69) is 10.3 Å². The van der Waals surface area contributed by atoms with Gasteiger partial charge in [0.2, 0.25) is 10.0 Å². The maximum atomic E-state index is 12.0. The molecule has 0 saturated carbocycles. The van der Waals surface area contributed by atoms with Gasteiger partial charge in [0.05, 0.1) is 11.7 Å². The van der Waals surface area contributed by atoms with Gasteiger partial charge in [-0.1, -0.05) is 12.1 Å². The van der Waals surface area contributed by atoms with Crippen molar-refractivity contribution in [3.8, 4) is 0 Å². The highest BCUT2D eigenvalue weighted by Gasteiger charge is 2.59. The summed E-state index contributed by atoms with van der Waals surface area (Å²) in [6.07, 6.45) is 1.12. The van der Waals surface area contributed by atoms with Crippen molar-refractivity contribution in [1.29, 1.82) is 0 Å². The monoisotopic (exact) mass is 366 g/mol.